The number of aryl methyl sites for hydroxylation is 2. The molecule has 0 fully saturated rings. The summed E-state index contributed by atoms with van der Waals surface area (Å²) in [6.45, 7) is 16.4. The van der Waals surface area contributed by atoms with E-state index in [1.165, 1.54) is 24.1 Å². The van der Waals surface area contributed by atoms with Gasteiger partial charge in [0, 0.05) is 5.78 Å². The van der Waals surface area contributed by atoms with Crippen LogP contribution in [0.25, 0.3) is 0 Å². The monoisotopic (exact) mass is 417 g/mol. The van der Waals surface area contributed by atoms with E-state index in [1.54, 1.807) is 26.3 Å². The smallest absolute Gasteiger partial charge is 0.465 e. The molecule has 0 aliphatic heterocycles. The van der Waals surface area contributed by atoms with Crippen molar-refractivity contribution in [2.45, 2.75) is 34.6 Å². The van der Waals surface area contributed by atoms with Crippen molar-refractivity contribution in [3.8, 4) is 0 Å². The Kier molecular flexibility index (Phi) is 23.7. The summed E-state index contributed by atoms with van der Waals surface area (Å²) < 4.78 is 0. The van der Waals surface area contributed by atoms with Crippen LogP contribution < -0.4 is 56.7 Å². The predicted molar refractivity (Wildman–Crippen MR) is 120 cm³/mol. The zero-order chi connectivity index (χ0) is 21.9. The van der Waals surface area contributed by atoms with Crippen molar-refractivity contribution in [2.24, 2.45) is 0 Å². The maximum absolute atomic E-state index is 10.9. The van der Waals surface area contributed by atoms with Crippen molar-refractivity contribution in [2.75, 3.05) is 7.05 Å². The van der Waals surface area contributed by atoms with E-state index in [0.717, 1.165) is 5.57 Å². The van der Waals surface area contributed by atoms with Gasteiger partial charge in [0.1, 0.15) is 0 Å². The molecule has 4 heteroatoms. The Bertz CT molecular complexity index is 716. The minimum atomic E-state index is -0.131. The first-order chi connectivity index (χ1) is 13.2. The van der Waals surface area contributed by atoms with E-state index in [4.69, 9.17) is 0 Å². The van der Waals surface area contributed by atoms with Gasteiger partial charge in [0.05, 0.1) is 0 Å². The van der Waals surface area contributed by atoms with Crippen molar-refractivity contribution in [3.05, 3.63) is 102 Å². The fraction of sp³-hybridized carbons (Fsp3) is 0.240. The molecule has 1 rings (SSSR count). The summed E-state index contributed by atoms with van der Waals surface area (Å²) in [5.74, 6) is -0.131. The minimum absolute atomic E-state index is 0. The Hall–Kier alpha value is -1.43. The summed E-state index contributed by atoms with van der Waals surface area (Å²) in [6, 6.07) is 8.36. The van der Waals surface area contributed by atoms with Gasteiger partial charge in [0.25, 0.3) is 0 Å². The second kappa shape index (κ2) is 21.3. The molecule has 1 aromatic rings. The number of benzene rings is 1. The van der Waals surface area contributed by atoms with Crippen LogP contribution in [0.3, 0.4) is 0 Å². The minimum Gasteiger partial charge on any atom is -0.465 e. The van der Waals surface area contributed by atoms with Crippen molar-refractivity contribution >= 4 is 12.1 Å². The normalized spacial score (nSPS) is 11.2. The van der Waals surface area contributed by atoms with E-state index < -0.39 is 0 Å². The molecule has 0 heterocycles. The number of likely N-dealkylation sites (N-methyl/N-ethyl adjacent to an activating group) is 1. The first kappa shape index (κ1) is 32.2. The molecule has 0 spiro atoms. The van der Waals surface area contributed by atoms with E-state index in [2.05, 4.69) is 63.0 Å². The number of ketones is 1. The summed E-state index contributed by atoms with van der Waals surface area (Å²) >= 11 is 0. The maximum Gasteiger partial charge on any atom is 1.00 e. The standard InChI is InChI=1S/C9H11NO2.C8H10.C8H11.K/c1-4-8(7(2)12)9(10-3)5-6-11;1-7-5-3-4-6-8(7)2;1-4-5-6-7-8(2)3;/h5,10H,1-3H3;3-6H,1-2H3;4-7H,1-2H2,3H3;/q-2;;-1;+1/b9-5+;;6-5-,8-7-;. The van der Waals surface area contributed by atoms with Crippen molar-refractivity contribution in [3.63, 3.8) is 0 Å². The number of carbonyl (C=O) groups is 1. The number of carbonyl (C=O) groups excluding carboxylic acids is 2. The Morgan fingerprint density at radius 2 is 1.66 bits per heavy atom. The summed E-state index contributed by atoms with van der Waals surface area (Å²) in [6.07, 6.45) is 12.9. The molecule has 0 saturated carbocycles. The molecule has 0 amide bonds. The second-order valence-electron chi connectivity index (χ2n) is 5.82. The van der Waals surface area contributed by atoms with E-state index in [-0.39, 0.29) is 57.2 Å². The molecular weight excluding hydrogens is 385 g/mol. The number of hydrogen-bond acceptors (Lipinski definition) is 3. The summed E-state index contributed by atoms with van der Waals surface area (Å²) in [5.41, 5.74) is 4.61. The van der Waals surface area contributed by atoms with Crippen LogP contribution in [-0.4, -0.2) is 19.1 Å². The van der Waals surface area contributed by atoms with Gasteiger partial charge in [0.2, 0.25) is 0 Å². The number of Topliss-reactive ketones (excluding diaryl/α,β-unsaturated/α-hetero) is 1. The van der Waals surface area contributed by atoms with Crippen LogP contribution in [0.15, 0.2) is 78.1 Å². The molecular formula is C25H32KNO2-2. The van der Waals surface area contributed by atoms with E-state index >= 15 is 0 Å². The van der Waals surface area contributed by atoms with Crippen molar-refractivity contribution < 1.29 is 61.0 Å². The van der Waals surface area contributed by atoms with Gasteiger partial charge in [0.15, 0.2) is 0 Å². The molecule has 0 saturated heterocycles. The van der Waals surface area contributed by atoms with Crippen LogP contribution in [0.5, 0.6) is 0 Å². The molecule has 152 valence electrons. The molecule has 0 bridgehead atoms. The number of rotatable bonds is 6. The topological polar surface area (TPSA) is 46.2 Å². The average Bonchev–Trinajstić information content (AvgIpc) is 2.65. The molecule has 0 aliphatic carbocycles. The fourth-order valence-electron chi connectivity index (χ4n) is 1.79. The zero-order valence-corrected chi connectivity index (χ0v) is 22.0. The van der Waals surface area contributed by atoms with Gasteiger partial charge in [-0.25, -0.2) is 24.6 Å². The molecule has 1 aromatic carbocycles. The van der Waals surface area contributed by atoms with Crippen molar-refractivity contribution in [1.82, 2.24) is 5.32 Å². The van der Waals surface area contributed by atoms with Crippen LogP contribution in [0.2, 0.25) is 0 Å². The molecule has 0 aromatic heterocycles. The van der Waals surface area contributed by atoms with Crippen LogP contribution in [0.1, 0.15) is 31.9 Å². The van der Waals surface area contributed by atoms with Crippen LogP contribution in [-0.2, 0) is 9.59 Å². The first-order valence-electron chi connectivity index (χ1n) is 8.86. The average molecular weight is 418 g/mol. The Labute approximate surface area is 220 Å². The molecule has 0 unspecified atom stereocenters. The Balaban J connectivity index is -0.000000354. The van der Waals surface area contributed by atoms with E-state index in [1.807, 2.05) is 25.2 Å². The molecule has 0 atom stereocenters. The van der Waals surface area contributed by atoms with Gasteiger partial charge in [-0.15, -0.1) is 11.8 Å². The third-order valence-corrected chi connectivity index (χ3v) is 3.40. The van der Waals surface area contributed by atoms with Gasteiger partial charge >= 0.3 is 51.4 Å². The van der Waals surface area contributed by atoms with Crippen LogP contribution in [0.4, 0.5) is 0 Å². The Morgan fingerprint density at radius 3 is 1.93 bits per heavy atom. The van der Waals surface area contributed by atoms with Gasteiger partial charge in [-0.1, -0.05) is 56.8 Å². The van der Waals surface area contributed by atoms with E-state index in [0.29, 0.717) is 11.3 Å². The van der Waals surface area contributed by atoms with Gasteiger partial charge in [-0.05, 0) is 45.2 Å². The number of hydrogen-bond donors (Lipinski definition) is 1. The number of allylic oxidation sites excluding steroid dienone is 8. The maximum atomic E-state index is 10.9. The molecule has 29 heavy (non-hydrogen) atoms. The van der Waals surface area contributed by atoms with Gasteiger partial charge in [-0.2, -0.15) is 11.6 Å². The van der Waals surface area contributed by atoms with Crippen LogP contribution >= 0.6 is 0 Å². The molecule has 3 nitrogen and oxygen atoms in total. The third-order valence-electron chi connectivity index (χ3n) is 3.40. The quantitative estimate of drug-likeness (QED) is 0.335. The summed E-state index contributed by atoms with van der Waals surface area (Å²) in [7, 11) is 1.63. The zero-order valence-electron chi connectivity index (χ0n) is 18.9. The largest absolute Gasteiger partial charge is 1.00 e. The predicted octanol–water partition coefficient (Wildman–Crippen LogP) is 2.35. The van der Waals surface area contributed by atoms with Gasteiger partial charge < -0.3 is 14.9 Å². The second-order valence-corrected chi connectivity index (χ2v) is 5.82. The summed E-state index contributed by atoms with van der Waals surface area (Å²) in [4.78, 5) is 21.0. The third kappa shape index (κ3) is 18.3. The SMILES string of the molecule is C=C/C=C\C=C(\[CH2-])C.C[C-]=C(C(C)=O)/C(=C\[C-]=O)NC.Cc1ccccc1C.[K+]. The number of nitrogens with one attached hydrogen (secondary N) is 1. The molecule has 1 N–H and O–H groups in total. The fourth-order valence-corrected chi connectivity index (χ4v) is 1.79. The molecule has 0 aliphatic rings. The van der Waals surface area contributed by atoms with Gasteiger partial charge in [-0.3, -0.25) is 0 Å². The Morgan fingerprint density at radius 1 is 1.14 bits per heavy atom. The van der Waals surface area contributed by atoms with Crippen molar-refractivity contribution in [1.29, 1.82) is 0 Å². The summed E-state index contributed by atoms with van der Waals surface area (Å²) in [5, 5.41) is 2.71. The van der Waals surface area contributed by atoms with Crippen LogP contribution in [0, 0.1) is 26.8 Å². The van der Waals surface area contributed by atoms with E-state index in [9.17, 15) is 9.59 Å². The first-order valence-corrected chi connectivity index (χ1v) is 8.86. The molecule has 0 radical (unpaired) electrons.